The highest BCUT2D eigenvalue weighted by atomic mass is 32.2. The Hall–Kier alpha value is -3.51. The number of hydrogen-bond acceptors (Lipinski definition) is 8. The predicted molar refractivity (Wildman–Crippen MR) is 110 cm³/mol. The molecular formula is C19H19N3O8S. The van der Waals surface area contributed by atoms with Crippen molar-refractivity contribution in [1.29, 1.82) is 0 Å². The zero-order chi connectivity index (χ0) is 22.9. The summed E-state index contributed by atoms with van der Waals surface area (Å²) in [7, 11) is -0.999. The Morgan fingerprint density at radius 3 is 2.55 bits per heavy atom. The number of fused-ring (bicyclic) bond motifs is 1. The number of rotatable bonds is 8. The molecule has 0 aliphatic rings. The van der Waals surface area contributed by atoms with Crippen molar-refractivity contribution < 1.29 is 27.3 Å². The second kappa shape index (κ2) is 8.32. The molecular weight excluding hydrogens is 430 g/mol. The second-order valence-corrected chi connectivity index (χ2v) is 8.82. The minimum Gasteiger partial charge on any atom is -0.487 e. The second-order valence-electron chi connectivity index (χ2n) is 6.67. The normalized spacial score (nSPS) is 11.7. The number of carbonyl (C=O) groups is 1. The molecule has 12 heteroatoms. The predicted octanol–water partition coefficient (Wildman–Crippen LogP) is 2.03. The van der Waals surface area contributed by atoms with Gasteiger partial charge in [0.25, 0.3) is 0 Å². The van der Waals surface area contributed by atoms with Gasteiger partial charge in [0.15, 0.2) is 17.1 Å². The summed E-state index contributed by atoms with van der Waals surface area (Å²) < 4.78 is 36.9. The lowest BCUT2D eigenvalue weighted by Crippen LogP contribution is -2.22. The summed E-state index contributed by atoms with van der Waals surface area (Å²) in [5.41, 5.74) is -0.131. The van der Waals surface area contributed by atoms with Crippen LogP contribution in [0.3, 0.4) is 0 Å². The molecule has 0 unspecified atom stereocenters. The van der Waals surface area contributed by atoms with Gasteiger partial charge in [-0.15, -0.1) is 0 Å². The van der Waals surface area contributed by atoms with Crippen molar-refractivity contribution in [2.24, 2.45) is 0 Å². The molecule has 11 nitrogen and oxygen atoms in total. The number of nitrogens with zero attached hydrogens (tertiary/aromatic N) is 3. The topological polar surface area (TPSA) is 142 Å². The largest absolute Gasteiger partial charge is 0.487 e. The number of sulfonamides is 1. The summed E-state index contributed by atoms with van der Waals surface area (Å²) in [6.07, 6.45) is 0. The van der Waals surface area contributed by atoms with E-state index in [9.17, 15) is 28.1 Å². The van der Waals surface area contributed by atoms with E-state index in [2.05, 4.69) is 0 Å². The molecule has 3 aromatic rings. The Bertz CT molecular complexity index is 1340. The van der Waals surface area contributed by atoms with Gasteiger partial charge in [0, 0.05) is 31.8 Å². The molecule has 0 fully saturated rings. The van der Waals surface area contributed by atoms with Crippen LogP contribution in [0.1, 0.15) is 17.3 Å². The van der Waals surface area contributed by atoms with Crippen molar-refractivity contribution in [2.75, 3.05) is 20.7 Å². The number of ketones is 1. The van der Waals surface area contributed by atoms with E-state index in [0.29, 0.717) is 0 Å². The molecule has 1 heterocycles. The maximum absolute atomic E-state index is 12.7. The van der Waals surface area contributed by atoms with Crippen molar-refractivity contribution in [3.8, 4) is 5.75 Å². The third-order valence-corrected chi connectivity index (χ3v) is 6.31. The zero-order valence-electron chi connectivity index (χ0n) is 16.9. The summed E-state index contributed by atoms with van der Waals surface area (Å²) in [6.45, 7) is 1.45. The standard InChI is InChI=1S/C19H19N3O8S/c1-4-29-17-8-5-12(9-15(17)22(25)26)16(23)11-21-14-7-6-13(31(27,28)20(2)3)10-18(14)30-19(21)24/h5-10H,4,11H2,1-3H3. The van der Waals surface area contributed by atoms with E-state index < -0.39 is 33.0 Å². The molecule has 0 aliphatic heterocycles. The molecule has 0 atom stereocenters. The van der Waals surface area contributed by atoms with Crippen molar-refractivity contribution in [3.05, 3.63) is 62.6 Å². The molecule has 0 N–H and O–H groups in total. The first kappa shape index (κ1) is 22.2. The number of oxazole rings is 1. The fraction of sp³-hybridized carbons (Fsp3) is 0.263. The Labute approximate surface area is 176 Å². The molecule has 0 amide bonds. The van der Waals surface area contributed by atoms with Gasteiger partial charge < -0.3 is 9.15 Å². The molecule has 0 bridgehead atoms. The van der Waals surface area contributed by atoms with Gasteiger partial charge in [-0.05, 0) is 31.2 Å². The lowest BCUT2D eigenvalue weighted by molar-refractivity contribution is -0.385. The first-order valence-electron chi connectivity index (χ1n) is 9.06. The van der Waals surface area contributed by atoms with E-state index in [-0.39, 0.29) is 39.6 Å². The smallest absolute Gasteiger partial charge is 0.420 e. The Kier molecular flexibility index (Phi) is 5.95. The van der Waals surface area contributed by atoms with Crippen LogP contribution in [0.4, 0.5) is 5.69 Å². The number of hydrogen-bond donors (Lipinski definition) is 0. The van der Waals surface area contributed by atoms with Crippen LogP contribution < -0.4 is 10.5 Å². The van der Waals surface area contributed by atoms with E-state index in [1.807, 2.05) is 0 Å². The van der Waals surface area contributed by atoms with Crippen LogP contribution in [-0.2, 0) is 16.6 Å². The molecule has 0 saturated heterocycles. The lowest BCUT2D eigenvalue weighted by Gasteiger charge is -2.11. The van der Waals surface area contributed by atoms with Crippen LogP contribution in [0.2, 0.25) is 0 Å². The maximum Gasteiger partial charge on any atom is 0.420 e. The van der Waals surface area contributed by atoms with Crippen molar-refractivity contribution in [1.82, 2.24) is 8.87 Å². The van der Waals surface area contributed by atoms with E-state index in [1.165, 1.54) is 44.4 Å². The molecule has 2 aromatic carbocycles. The van der Waals surface area contributed by atoms with Crippen LogP contribution in [0.5, 0.6) is 5.75 Å². The van der Waals surface area contributed by atoms with Crippen molar-refractivity contribution in [3.63, 3.8) is 0 Å². The molecule has 0 aliphatic carbocycles. The van der Waals surface area contributed by atoms with E-state index in [0.717, 1.165) is 14.9 Å². The molecule has 0 spiro atoms. The number of ether oxygens (including phenoxy) is 1. The van der Waals surface area contributed by atoms with Gasteiger partial charge in [0.2, 0.25) is 10.0 Å². The summed E-state index contributed by atoms with van der Waals surface area (Å²) in [6, 6.07) is 7.65. The molecule has 164 valence electrons. The van der Waals surface area contributed by atoms with Gasteiger partial charge in [-0.3, -0.25) is 19.5 Å². The van der Waals surface area contributed by atoms with Gasteiger partial charge in [0.05, 0.1) is 28.5 Å². The van der Waals surface area contributed by atoms with E-state index in [4.69, 9.17) is 9.15 Å². The monoisotopic (exact) mass is 449 g/mol. The highest BCUT2D eigenvalue weighted by Crippen LogP contribution is 2.28. The average Bonchev–Trinajstić information content (AvgIpc) is 3.02. The summed E-state index contributed by atoms with van der Waals surface area (Å²) >= 11 is 0. The summed E-state index contributed by atoms with van der Waals surface area (Å²) in [5, 5.41) is 11.3. The number of Topliss-reactive ketones (excluding diaryl/α,β-unsaturated/α-hetero) is 1. The number of aromatic nitrogens is 1. The summed E-state index contributed by atoms with van der Waals surface area (Å²) in [5.74, 6) is -1.39. The van der Waals surface area contributed by atoms with Crippen LogP contribution in [0, 0.1) is 10.1 Å². The SMILES string of the molecule is CCOc1ccc(C(=O)Cn2c(=O)oc3cc(S(=O)(=O)N(C)C)ccc32)cc1[N+](=O)[O-]. The van der Waals surface area contributed by atoms with Gasteiger partial charge in [-0.2, -0.15) is 0 Å². The minimum atomic E-state index is -3.74. The van der Waals surface area contributed by atoms with Crippen molar-refractivity contribution >= 4 is 32.6 Å². The molecule has 3 rings (SSSR count). The van der Waals surface area contributed by atoms with Crippen LogP contribution in [-0.4, -0.2) is 48.7 Å². The van der Waals surface area contributed by atoms with Crippen LogP contribution in [0.25, 0.3) is 11.1 Å². The highest BCUT2D eigenvalue weighted by molar-refractivity contribution is 7.89. The quantitative estimate of drug-likeness (QED) is 0.289. The highest BCUT2D eigenvalue weighted by Gasteiger charge is 2.22. The number of benzene rings is 2. The van der Waals surface area contributed by atoms with Gasteiger partial charge >= 0.3 is 11.4 Å². The minimum absolute atomic E-state index is 0.00148. The van der Waals surface area contributed by atoms with Crippen LogP contribution >= 0.6 is 0 Å². The van der Waals surface area contributed by atoms with Gasteiger partial charge in [0.1, 0.15) is 0 Å². The van der Waals surface area contributed by atoms with Crippen molar-refractivity contribution in [2.45, 2.75) is 18.4 Å². The maximum atomic E-state index is 12.7. The molecule has 1 aromatic heterocycles. The lowest BCUT2D eigenvalue weighted by atomic mass is 10.1. The first-order chi connectivity index (χ1) is 14.6. The third-order valence-electron chi connectivity index (χ3n) is 4.50. The zero-order valence-corrected chi connectivity index (χ0v) is 17.7. The van der Waals surface area contributed by atoms with Gasteiger partial charge in [-0.1, -0.05) is 0 Å². The number of nitro benzene ring substituents is 1. The summed E-state index contributed by atoms with van der Waals surface area (Å²) in [4.78, 5) is 35.5. The molecule has 0 saturated carbocycles. The Morgan fingerprint density at radius 1 is 1.23 bits per heavy atom. The number of carbonyl (C=O) groups excluding carboxylic acids is 1. The number of nitro groups is 1. The Balaban J connectivity index is 1.98. The fourth-order valence-corrected chi connectivity index (χ4v) is 3.83. The average molecular weight is 449 g/mol. The fourth-order valence-electron chi connectivity index (χ4n) is 2.91. The van der Waals surface area contributed by atoms with E-state index >= 15 is 0 Å². The third kappa shape index (κ3) is 4.20. The van der Waals surface area contributed by atoms with E-state index in [1.54, 1.807) is 6.92 Å². The van der Waals surface area contributed by atoms with Gasteiger partial charge in [-0.25, -0.2) is 17.5 Å². The molecule has 0 radical (unpaired) electrons. The Morgan fingerprint density at radius 2 is 1.94 bits per heavy atom. The van der Waals surface area contributed by atoms with Crippen LogP contribution in [0.15, 0.2) is 50.5 Å². The first-order valence-corrected chi connectivity index (χ1v) is 10.5. The molecule has 31 heavy (non-hydrogen) atoms.